The van der Waals surface area contributed by atoms with Crippen molar-refractivity contribution in [3.63, 3.8) is 0 Å². The summed E-state index contributed by atoms with van der Waals surface area (Å²) in [5.41, 5.74) is 2.79. The number of hydrogen-bond donors (Lipinski definition) is 1. The van der Waals surface area contributed by atoms with E-state index in [2.05, 4.69) is 43.2 Å². The van der Waals surface area contributed by atoms with E-state index >= 15 is 0 Å². The first-order valence-corrected chi connectivity index (χ1v) is 11.0. The Labute approximate surface area is 187 Å². The Balaban J connectivity index is 1.61. The van der Waals surface area contributed by atoms with Crippen molar-refractivity contribution < 1.29 is 4.79 Å². The molecule has 144 valence electrons. The molecule has 0 aliphatic carbocycles. The SMILES string of the molecule is O=C(CC(Nc1ccc(Br)cc1)c1ccc(Br)cc1)c1ccc2ccccc2c1. The van der Waals surface area contributed by atoms with Gasteiger partial charge in [-0.25, -0.2) is 0 Å². The highest BCUT2D eigenvalue weighted by molar-refractivity contribution is 9.10. The molecular weight excluding hydrogens is 490 g/mol. The lowest BCUT2D eigenvalue weighted by molar-refractivity contribution is 0.0976. The molecule has 0 aliphatic rings. The smallest absolute Gasteiger partial charge is 0.165 e. The van der Waals surface area contributed by atoms with Crippen molar-refractivity contribution in [1.29, 1.82) is 0 Å². The monoisotopic (exact) mass is 507 g/mol. The van der Waals surface area contributed by atoms with E-state index in [4.69, 9.17) is 0 Å². The van der Waals surface area contributed by atoms with Crippen LogP contribution in [0.15, 0.2) is 99.9 Å². The van der Waals surface area contributed by atoms with Crippen molar-refractivity contribution in [2.75, 3.05) is 5.32 Å². The van der Waals surface area contributed by atoms with Crippen LogP contribution in [0, 0.1) is 0 Å². The molecule has 4 rings (SSSR count). The molecular formula is C25H19Br2NO. The number of benzene rings is 4. The number of ketones is 1. The molecule has 0 amide bonds. The van der Waals surface area contributed by atoms with Gasteiger partial charge >= 0.3 is 0 Å². The van der Waals surface area contributed by atoms with Crippen LogP contribution in [0.5, 0.6) is 0 Å². The van der Waals surface area contributed by atoms with Gasteiger partial charge in [0.15, 0.2) is 5.78 Å². The Kier molecular flexibility index (Phi) is 6.12. The molecule has 0 saturated heterocycles. The second kappa shape index (κ2) is 8.93. The van der Waals surface area contributed by atoms with Gasteiger partial charge < -0.3 is 5.32 Å². The summed E-state index contributed by atoms with van der Waals surface area (Å²) < 4.78 is 2.04. The first kappa shape index (κ1) is 19.9. The summed E-state index contributed by atoms with van der Waals surface area (Å²) in [6.45, 7) is 0. The van der Waals surface area contributed by atoms with Crippen LogP contribution in [-0.2, 0) is 0 Å². The summed E-state index contributed by atoms with van der Waals surface area (Å²) in [5, 5.41) is 5.75. The Morgan fingerprint density at radius 2 is 1.38 bits per heavy atom. The second-order valence-corrected chi connectivity index (χ2v) is 8.78. The summed E-state index contributed by atoms with van der Waals surface area (Å²) in [4.78, 5) is 13.1. The lowest BCUT2D eigenvalue weighted by Crippen LogP contribution is -2.16. The van der Waals surface area contributed by atoms with Crippen LogP contribution in [0.25, 0.3) is 10.8 Å². The fourth-order valence-electron chi connectivity index (χ4n) is 3.36. The Bertz CT molecular complexity index is 1140. The molecule has 1 atom stereocenters. The van der Waals surface area contributed by atoms with Crippen molar-refractivity contribution in [3.05, 3.63) is 111 Å². The van der Waals surface area contributed by atoms with Gasteiger partial charge in [0.1, 0.15) is 0 Å². The zero-order valence-corrected chi connectivity index (χ0v) is 18.8. The molecule has 29 heavy (non-hydrogen) atoms. The van der Waals surface area contributed by atoms with Gasteiger partial charge in [0, 0.05) is 26.6 Å². The number of carbonyl (C=O) groups is 1. The van der Waals surface area contributed by atoms with Gasteiger partial charge in [-0.1, -0.05) is 80.4 Å². The standard InChI is InChI=1S/C25H19Br2NO/c26-21-9-7-18(8-10-21)24(28-23-13-11-22(27)12-14-23)16-25(29)20-6-5-17-3-1-2-4-19(17)15-20/h1-15,24,28H,16H2. The average Bonchev–Trinajstić information content (AvgIpc) is 2.75. The number of nitrogens with one attached hydrogen (secondary N) is 1. The van der Waals surface area contributed by atoms with Crippen LogP contribution in [0.1, 0.15) is 28.4 Å². The van der Waals surface area contributed by atoms with Gasteiger partial charge in [0.2, 0.25) is 0 Å². The molecule has 4 aromatic carbocycles. The molecule has 2 nitrogen and oxygen atoms in total. The zero-order valence-electron chi connectivity index (χ0n) is 15.6. The van der Waals surface area contributed by atoms with E-state index in [9.17, 15) is 4.79 Å². The maximum Gasteiger partial charge on any atom is 0.165 e. The molecule has 0 radical (unpaired) electrons. The Morgan fingerprint density at radius 1 is 0.759 bits per heavy atom. The van der Waals surface area contributed by atoms with Crippen LogP contribution in [-0.4, -0.2) is 5.78 Å². The zero-order chi connectivity index (χ0) is 20.2. The molecule has 0 heterocycles. The lowest BCUT2D eigenvalue weighted by atomic mass is 9.96. The van der Waals surface area contributed by atoms with Crippen molar-refractivity contribution in [1.82, 2.24) is 0 Å². The van der Waals surface area contributed by atoms with Gasteiger partial charge in [0.05, 0.1) is 6.04 Å². The van der Waals surface area contributed by atoms with Crippen molar-refractivity contribution in [3.8, 4) is 0 Å². The third kappa shape index (κ3) is 4.95. The number of carbonyl (C=O) groups excluding carboxylic acids is 1. The van der Waals surface area contributed by atoms with E-state index in [1.807, 2.05) is 84.9 Å². The van der Waals surface area contributed by atoms with Gasteiger partial charge in [-0.3, -0.25) is 4.79 Å². The number of Topliss-reactive ketones (excluding diaryl/α,β-unsaturated/α-hetero) is 1. The van der Waals surface area contributed by atoms with E-state index in [1.54, 1.807) is 0 Å². The highest BCUT2D eigenvalue weighted by atomic mass is 79.9. The van der Waals surface area contributed by atoms with E-state index in [-0.39, 0.29) is 11.8 Å². The topological polar surface area (TPSA) is 29.1 Å². The number of hydrogen-bond acceptors (Lipinski definition) is 2. The van der Waals surface area contributed by atoms with Gasteiger partial charge in [-0.05, 0) is 58.8 Å². The minimum Gasteiger partial charge on any atom is -0.378 e. The highest BCUT2D eigenvalue weighted by Crippen LogP contribution is 2.27. The summed E-state index contributed by atoms with van der Waals surface area (Å²) in [5.74, 6) is 0.119. The second-order valence-electron chi connectivity index (χ2n) is 6.94. The lowest BCUT2D eigenvalue weighted by Gasteiger charge is -2.20. The minimum atomic E-state index is -0.122. The Hall–Kier alpha value is -2.43. The van der Waals surface area contributed by atoms with Crippen LogP contribution in [0.2, 0.25) is 0 Å². The van der Waals surface area contributed by atoms with Crippen molar-refractivity contribution >= 4 is 54.1 Å². The molecule has 0 fully saturated rings. The summed E-state index contributed by atoms with van der Waals surface area (Å²) in [7, 11) is 0. The molecule has 0 aromatic heterocycles. The summed E-state index contributed by atoms with van der Waals surface area (Å²) in [6, 6.07) is 30.0. The normalized spacial score (nSPS) is 11.9. The van der Waals surface area contributed by atoms with Crippen LogP contribution in [0.4, 0.5) is 5.69 Å². The van der Waals surface area contributed by atoms with Crippen molar-refractivity contribution in [2.45, 2.75) is 12.5 Å². The van der Waals surface area contributed by atoms with Crippen LogP contribution >= 0.6 is 31.9 Å². The molecule has 4 heteroatoms. The number of fused-ring (bicyclic) bond motifs is 1. The summed E-state index contributed by atoms with van der Waals surface area (Å²) >= 11 is 6.96. The number of anilines is 1. The highest BCUT2D eigenvalue weighted by Gasteiger charge is 2.18. The fourth-order valence-corrected chi connectivity index (χ4v) is 3.89. The van der Waals surface area contributed by atoms with Crippen molar-refractivity contribution in [2.24, 2.45) is 0 Å². The molecule has 0 bridgehead atoms. The third-order valence-corrected chi connectivity index (χ3v) is 5.98. The van der Waals surface area contributed by atoms with Gasteiger partial charge in [-0.2, -0.15) is 0 Å². The van der Waals surface area contributed by atoms with E-state index < -0.39 is 0 Å². The minimum absolute atomic E-state index is 0.119. The average molecular weight is 509 g/mol. The predicted octanol–water partition coefficient (Wildman–Crippen LogP) is 7.79. The maximum atomic E-state index is 13.1. The van der Waals surface area contributed by atoms with Crippen LogP contribution in [0.3, 0.4) is 0 Å². The third-order valence-electron chi connectivity index (χ3n) is 4.92. The first-order valence-electron chi connectivity index (χ1n) is 9.38. The first-order chi connectivity index (χ1) is 14.1. The fraction of sp³-hybridized carbons (Fsp3) is 0.0800. The number of halogens is 2. The van der Waals surface area contributed by atoms with E-state index in [0.717, 1.165) is 36.5 Å². The molecule has 1 unspecified atom stereocenters. The maximum absolute atomic E-state index is 13.1. The van der Waals surface area contributed by atoms with Gasteiger partial charge in [-0.15, -0.1) is 0 Å². The quantitative estimate of drug-likeness (QED) is 0.269. The largest absolute Gasteiger partial charge is 0.378 e. The summed E-state index contributed by atoms with van der Waals surface area (Å²) in [6.07, 6.45) is 0.371. The molecule has 4 aromatic rings. The van der Waals surface area contributed by atoms with E-state index in [0.29, 0.717) is 6.42 Å². The predicted molar refractivity (Wildman–Crippen MR) is 128 cm³/mol. The molecule has 0 aliphatic heterocycles. The molecule has 0 saturated carbocycles. The molecule has 1 N–H and O–H groups in total. The molecule has 0 spiro atoms. The Morgan fingerprint density at radius 3 is 2.07 bits per heavy atom. The van der Waals surface area contributed by atoms with Crippen LogP contribution < -0.4 is 5.32 Å². The number of rotatable bonds is 6. The van der Waals surface area contributed by atoms with Gasteiger partial charge in [0.25, 0.3) is 0 Å². The van der Waals surface area contributed by atoms with E-state index in [1.165, 1.54) is 0 Å².